The zero-order valence-corrected chi connectivity index (χ0v) is 19.4. The molecular weight excluding hydrogens is 458 g/mol. The number of hydrogen-bond donors (Lipinski definition) is 3. The van der Waals surface area contributed by atoms with Crippen molar-refractivity contribution in [1.29, 1.82) is 0 Å². The van der Waals surface area contributed by atoms with Crippen LogP contribution in [0.2, 0.25) is 0 Å². The zero-order valence-electron chi connectivity index (χ0n) is 19.4. The number of amides is 2. The summed E-state index contributed by atoms with van der Waals surface area (Å²) >= 11 is 0. The number of nitrogens with one attached hydrogen (secondary N) is 2. The predicted molar refractivity (Wildman–Crippen MR) is 128 cm³/mol. The molecule has 0 spiro atoms. The lowest BCUT2D eigenvalue weighted by Gasteiger charge is -2.18. The normalized spacial score (nSPS) is 12.0. The van der Waals surface area contributed by atoms with E-state index in [2.05, 4.69) is 22.8 Å². The first kappa shape index (κ1) is 26.9. The lowest BCUT2D eigenvalue weighted by atomic mass is 10.0. The average molecular weight is 485 g/mol. The Morgan fingerprint density at radius 2 is 1.63 bits per heavy atom. The van der Waals surface area contributed by atoms with Crippen molar-refractivity contribution in [1.82, 2.24) is 10.7 Å². The summed E-state index contributed by atoms with van der Waals surface area (Å²) in [6, 6.07) is 7.36. The molecule has 0 heterocycles. The number of benzene rings is 2. The summed E-state index contributed by atoms with van der Waals surface area (Å²) in [4.78, 5) is 46.3. The Labute approximate surface area is 201 Å². The van der Waals surface area contributed by atoms with E-state index >= 15 is 0 Å². The molecule has 0 bridgehead atoms. The molecule has 12 nitrogen and oxygen atoms in total. The van der Waals surface area contributed by atoms with Crippen molar-refractivity contribution in [2.24, 2.45) is 5.10 Å². The third kappa shape index (κ3) is 8.50. The van der Waals surface area contributed by atoms with Crippen LogP contribution >= 0.6 is 0 Å². The molecule has 0 saturated carbocycles. The van der Waals surface area contributed by atoms with Crippen LogP contribution in [0.25, 0.3) is 0 Å². The standard InChI is InChI=1S/C23H27N5O7/c1-3-4-5-6-15(2)25-26-23(31)21(11-16-7-9-20(29)10-8-16)24-22(30)17-12-18(27(32)33)14-19(13-17)28(34)35/h7-10,12-14,21,29H,3-6,11H2,1-2H3,(H,24,30)(H,26,31)/b25-15-/t21-/m0/s1. The Morgan fingerprint density at radius 1 is 1.03 bits per heavy atom. The van der Waals surface area contributed by atoms with Crippen molar-refractivity contribution in [3.8, 4) is 5.75 Å². The molecule has 0 aromatic heterocycles. The van der Waals surface area contributed by atoms with Crippen LogP contribution in [-0.4, -0.2) is 38.5 Å². The van der Waals surface area contributed by atoms with Gasteiger partial charge in [-0.2, -0.15) is 5.10 Å². The van der Waals surface area contributed by atoms with E-state index in [1.807, 2.05) is 0 Å². The summed E-state index contributed by atoms with van der Waals surface area (Å²) in [6.07, 6.45) is 3.69. The number of non-ortho nitro benzene ring substituents is 2. The van der Waals surface area contributed by atoms with Gasteiger partial charge in [0.1, 0.15) is 11.8 Å². The molecule has 2 aromatic carbocycles. The Bertz CT molecular complexity index is 1080. The van der Waals surface area contributed by atoms with Crippen LogP contribution in [0, 0.1) is 20.2 Å². The van der Waals surface area contributed by atoms with Gasteiger partial charge in [0.2, 0.25) is 0 Å². The van der Waals surface area contributed by atoms with Gasteiger partial charge in [-0.15, -0.1) is 0 Å². The number of nitro groups is 2. The molecule has 2 rings (SSSR count). The van der Waals surface area contributed by atoms with Crippen molar-refractivity contribution >= 4 is 28.9 Å². The average Bonchev–Trinajstić information content (AvgIpc) is 2.83. The number of carbonyl (C=O) groups excluding carboxylic acids is 2. The molecule has 3 N–H and O–H groups in total. The van der Waals surface area contributed by atoms with E-state index in [1.165, 1.54) is 12.1 Å². The number of carbonyl (C=O) groups is 2. The second-order valence-corrected chi connectivity index (χ2v) is 7.93. The largest absolute Gasteiger partial charge is 0.508 e. The smallest absolute Gasteiger partial charge is 0.277 e. The highest BCUT2D eigenvalue weighted by Crippen LogP contribution is 2.23. The first-order valence-corrected chi connectivity index (χ1v) is 11.0. The van der Waals surface area contributed by atoms with Gasteiger partial charge in [0.25, 0.3) is 23.2 Å². The van der Waals surface area contributed by atoms with Gasteiger partial charge in [0.15, 0.2) is 0 Å². The lowest BCUT2D eigenvalue weighted by molar-refractivity contribution is -0.394. The maximum absolute atomic E-state index is 12.9. The molecule has 0 unspecified atom stereocenters. The maximum Gasteiger partial charge on any atom is 0.277 e. The van der Waals surface area contributed by atoms with E-state index in [0.29, 0.717) is 17.7 Å². The molecule has 12 heteroatoms. The number of nitro benzene ring substituents is 2. The first-order valence-electron chi connectivity index (χ1n) is 11.0. The quantitative estimate of drug-likeness (QED) is 0.178. The number of rotatable bonds is 12. The Balaban J connectivity index is 2.27. The van der Waals surface area contributed by atoms with E-state index in [0.717, 1.165) is 37.5 Å². The molecule has 1 atom stereocenters. The van der Waals surface area contributed by atoms with Crippen molar-refractivity contribution in [2.45, 2.75) is 52.0 Å². The fourth-order valence-electron chi connectivity index (χ4n) is 3.17. The zero-order chi connectivity index (χ0) is 26.0. The van der Waals surface area contributed by atoms with E-state index in [1.54, 1.807) is 19.1 Å². The van der Waals surface area contributed by atoms with E-state index < -0.39 is 39.1 Å². The van der Waals surface area contributed by atoms with Crippen LogP contribution in [0.1, 0.15) is 55.5 Å². The van der Waals surface area contributed by atoms with Gasteiger partial charge in [-0.3, -0.25) is 29.8 Å². The monoisotopic (exact) mass is 485 g/mol. The molecule has 0 aliphatic carbocycles. The number of nitrogens with zero attached hydrogens (tertiary/aromatic N) is 3. The molecular formula is C23H27N5O7. The van der Waals surface area contributed by atoms with E-state index in [9.17, 15) is 34.9 Å². The molecule has 0 saturated heterocycles. The van der Waals surface area contributed by atoms with Crippen LogP contribution < -0.4 is 10.7 Å². The van der Waals surface area contributed by atoms with Crippen molar-refractivity contribution in [3.63, 3.8) is 0 Å². The van der Waals surface area contributed by atoms with Gasteiger partial charge in [-0.25, -0.2) is 5.43 Å². The first-order chi connectivity index (χ1) is 16.6. The van der Waals surface area contributed by atoms with E-state index in [-0.39, 0.29) is 17.7 Å². The second kappa shape index (κ2) is 12.8. The highest BCUT2D eigenvalue weighted by Gasteiger charge is 2.25. The highest BCUT2D eigenvalue weighted by atomic mass is 16.6. The molecule has 186 valence electrons. The van der Waals surface area contributed by atoms with Gasteiger partial charge in [-0.1, -0.05) is 31.9 Å². The number of hydrogen-bond acceptors (Lipinski definition) is 8. The highest BCUT2D eigenvalue weighted by molar-refractivity contribution is 5.98. The molecule has 0 radical (unpaired) electrons. The number of phenols is 1. The minimum atomic E-state index is -1.16. The van der Waals surface area contributed by atoms with Crippen LogP contribution in [0.3, 0.4) is 0 Å². The van der Waals surface area contributed by atoms with Crippen LogP contribution in [0.15, 0.2) is 47.6 Å². The summed E-state index contributed by atoms with van der Waals surface area (Å²) in [5.74, 6) is -1.52. The van der Waals surface area contributed by atoms with Gasteiger partial charge in [-0.05, 0) is 37.5 Å². The molecule has 0 aliphatic rings. The summed E-state index contributed by atoms with van der Waals surface area (Å²) in [5.41, 5.74) is 2.14. The summed E-state index contributed by atoms with van der Waals surface area (Å²) < 4.78 is 0. The van der Waals surface area contributed by atoms with Gasteiger partial charge >= 0.3 is 0 Å². The van der Waals surface area contributed by atoms with Gasteiger partial charge in [0.05, 0.1) is 21.5 Å². The Kier molecular flexibility index (Phi) is 9.82. The molecule has 35 heavy (non-hydrogen) atoms. The fraction of sp³-hybridized carbons (Fsp3) is 0.348. The summed E-state index contributed by atoms with van der Waals surface area (Å²) in [6.45, 7) is 3.84. The Morgan fingerprint density at radius 3 is 2.17 bits per heavy atom. The summed E-state index contributed by atoms with van der Waals surface area (Å²) in [5, 5.41) is 38.3. The number of phenolic OH excluding ortho intramolecular Hbond substituents is 1. The molecule has 2 amide bonds. The second-order valence-electron chi connectivity index (χ2n) is 7.93. The third-order valence-corrected chi connectivity index (χ3v) is 5.08. The summed E-state index contributed by atoms with van der Waals surface area (Å²) in [7, 11) is 0. The topological polar surface area (TPSA) is 177 Å². The third-order valence-electron chi connectivity index (χ3n) is 5.08. The maximum atomic E-state index is 12.9. The lowest BCUT2D eigenvalue weighted by Crippen LogP contribution is -2.47. The number of aromatic hydroxyl groups is 1. The van der Waals surface area contributed by atoms with Gasteiger partial charge in [0, 0.05) is 24.3 Å². The molecule has 2 aromatic rings. The van der Waals surface area contributed by atoms with Crippen molar-refractivity contribution < 1.29 is 24.5 Å². The molecule has 0 fully saturated rings. The van der Waals surface area contributed by atoms with Crippen molar-refractivity contribution in [2.75, 3.05) is 0 Å². The minimum Gasteiger partial charge on any atom is -0.508 e. The molecule has 0 aliphatic heterocycles. The SMILES string of the molecule is CCCCC/C(C)=N\NC(=O)[C@H](Cc1ccc(O)cc1)NC(=O)c1cc([N+](=O)[O-])cc([N+](=O)[O-])c1. The minimum absolute atomic E-state index is 0.0132. The van der Waals surface area contributed by atoms with Crippen LogP contribution in [-0.2, 0) is 11.2 Å². The van der Waals surface area contributed by atoms with Crippen LogP contribution in [0.5, 0.6) is 5.75 Å². The number of hydrazone groups is 1. The van der Waals surface area contributed by atoms with E-state index in [4.69, 9.17) is 0 Å². The Hall–Kier alpha value is -4.35. The number of unbranched alkanes of at least 4 members (excludes halogenated alkanes) is 2. The van der Waals surface area contributed by atoms with Crippen molar-refractivity contribution in [3.05, 3.63) is 73.8 Å². The fourth-order valence-corrected chi connectivity index (χ4v) is 3.17. The van der Waals surface area contributed by atoms with Gasteiger partial charge < -0.3 is 10.4 Å². The predicted octanol–water partition coefficient (Wildman–Crippen LogP) is 3.62. The van der Waals surface area contributed by atoms with Crippen LogP contribution in [0.4, 0.5) is 11.4 Å².